The van der Waals surface area contributed by atoms with Crippen molar-refractivity contribution in [3.8, 4) is 5.69 Å². The van der Waals surface area contributed by atoms with Crippen LogP contribution in [0.15, 0.2) is 49.3 Å². The molecular weight excluding hydrogens is 328 g/mol. The summed E-state index contributed by atoms with van der Waals surface area (Å²) in [6.45, 7) is 4.48. The molecule has 1 fully saturated rings. The Morgan fingerprint density at radius 1 is 1.19 bits per heavy atom. The summed E-state index contributed by atoms with van der Waals surface area (Å²) in [7, 11) is 0. The minimum Gasteiger partial charge on any atom is -0.339 e. The fourth-order valence-corrected chi connectivity index (χ4v) is 3.53. The van der Waals surface area contributed by atoms with Crippen LogP contribution in [0.4, 0.5) is 0 Å². The molecule has 26 heavy (non-hydrogen) atoms. The van der Waals surface area contributed by atoms with E-state index in [1.807, 2.05) is 53.2 Å². The smallest absolute Gasteiger partial charge is 0.255 e. The molecule has 1 aliphatic heterocycles. The molecule has 4 rings (SSSR count). The monoisotopic (exact) mass is 350 g/mol. The highest BCUT2D eigenvalue weighted by Gasteiger charge is 2.25. The zero-order valence-corrected chi connectivity index (χ0v) is 14.8. The molecule has 2 aromatic heterocycles. The fourth-order valence-electron chi connectivity index (χ4n) is 3.53. The van der Waals surface area contributed by atoms with Gasteiger partial charge in [-0.2, -0.15) is 5.10 Å². The molecule has 0 atom stereocenters. The quantitative estimate of drug-likeness (QED) is 0.724. The Balaban J connectivity index is 1.48. The van der Waals surface area contributed by atoms with Crippen LogP contribution >= 0.6 is 0 Å². The van der Waals surface area contributed by atoms with Crippen molar-refractivity contribution in [2.45, 2.75) is 26.3 Å². The van der Waals surface area contributed by atoms with Crippen LogP contribution in [0.25, 0.3) is 5.69 Å². The van der Waals surface area contributed by atoms with Crippen LogP contribution in [-0.4, -0.2) is 48.4 Å². The lowest BCUT2D eigenvalue weighted by Crippen LogP contribution is -2.39. The molecule has 0 spiro atoms. The molecule has 0 radical (unpaired) electrons. The molecule has 1 aliphatic rings. The van der Waals surface area contributed by atoms with Gasteiger partial charge in [0.05, 0.1) is 11.3 Å². The molecule has 0 aliphatic carbocycles. The molecule has 0 bridgehead atoms. The first kappa shape index (κ1) is 16.5. The Bertz CT molecular complexity index is 864. The third-order valence-corrected chi connectivity index (χ3v) is 4.99. The summed E-state index contributed by atoms with van der Waals surface area (Å²) in [6, 6.07) is 7.86. The molecule has 1 amide bonds. The Labute approximate surface area is 152 Å². The first-order valence-electron chi connectivity index (χ1n) is 8.93. The molecule has 7 nitrogen and oxygen atoms in total. The lowest BCUT2D eigenvalue weighted by atomic mass is 9.96. The van der Waals surface area contributed by atoms with Crippen molar-refractivity contribution in [1.29, 1.82) is 0 Å². The van der Waals surface area contributed by atoms with Crippen molar-refractivity contribution in [3.63, 3.8) is 0 Å². The first-order valence-corrected chi connectivity index (χ1v) is 8.93. The summed E-state index contributed by atoms with van der Waals surface area (Å²) in [5, 5.41) is 12.0. The Kier molecular flexibility index (Phi) is 4.51. The molecule has 0 unspecified atom stereocenters. The van der Waals surface area contributed by atoms with E-state index in [2.05, 4.69) is 15.3 Å². The van der Waals surface area contributed by atoms with E-state index in [1.165, 1.54) is 0 Å². The Morgan fingerprint density at radius 3 is 2.65 bits per heavy atom. The van der Waals surface area contributed by atoms with Gasteiger partial charge < -0.3 is 4.90 Å². The maximum atomic E-state index is 13.1. The van der Waals surface area contributed by atoms with Crippen molar-refractivity contribution in [1.82, 2.24) is 29.4 Å². The number of carbonyl (C=O) groups excluding carboxylic acids is 1. The van der Waals surface area contributed by atoms with Gasteiger partial charge in [-0.15, -0.1) is 10.2 Å². The summed E-state index contributed by atoms with van der Waals surface area (Å²) >= 11 is 0. The highest BCUT2D eigenvalue weighted by atomic mass is 16.2. The molecule has 1 saturated heterocycles. The number of nitrogens with zero attached hydrogens (tertiary/aromatic N) is 6. The second kappa shape index (κ2) is 7.11. The topological polar surface area (TPSA) is 68.8 Å². The van der Waals surface area contributed by atoms with Crippen LogP contribution < -0.4 is 0 Å². The summed E-state index contributed by atoms with van der Waals surface area (Å²) in [6.07, 6.45) is 9.05. The van der Waals surface area contributed by atoms with Crippen molar-refractivity contribution < 1.29 is 4.79 Å². The molecule has 0 saturated carbocycles. The summed E-state index contributed by atoms with van der Waals surface area (Å²) in [5.41, 5.74) is 2.60. The van der Waals surface area contributed by atoms with Gasteiger partial charge in [-0.05, 0) is 43.9 Å². The second-order valence-corrected chi connectivity index (χ2v) is 6.85. The van der Waals surface area contributed by atoms with E-state index in [0.717, 1.165) is 43.7 Å². The zero-order valence-electron chi connectivity index (χ0n) is 14.8. The van der Waals surface area contributed by atoms with Gasteiger partial charge in [0, 0.05) is 32.0 Å². The number of likely N-dealkylation sites (tertiary alicyclic amines) is 1. The average Bonchev–Trinajstić information content (AvgIpc) is 3.36. The van der Waals surface area contributed by atoms with Crippen LogP contribution in [-0.2, 0) is 6.54 Å². The number of rotatable bonds is 4. The van der Waals surface area contributed by atoms with Gasteiger partial charge in [-0.25, -0.2) is 0 Å². The van der Waals surface area contributed by atoms with Crippen molar-refractivity contribution >= 4 is 5.91 Å². The van der Waals surface area contributed by atoms with Crippen molar-refractivity contribution in [2.24, 2.45) is 5.92 Å². The molecule has 7 heteroatoms. The molecule has 3 aromatic rings. The lowest BCUT2D eigenvalue weighted by molar-refractivity contribution is 0.0681. The average molecular weight is 350 g/mol. The highest BCUT2D eigenvalue weighted by Crippen LogP contribution is 2.23. The van der Waals surface area contributed by atoms with Crippen molar-refractivity contribution in [3.05, 3.63) is 60.4 Å². The van der Waals surface area contributed by atoms with Crippen LogP contribution in [0.5, 0.6) is 0 Å². The largest absolute Gasteiger partial charge is 0.339 e. The lowest BCUT2D eigenvalue weighted by Gasteiger charge is -2.32. The van der Waals surface area contributed by atoms with Gasteiger partial charge in [0.25, 0.3) is 5.91 Å². The van der Waals surface area contributed by atoms with Gasteiger partial charge in [-0.1, -0.05) is 11.6 Å². The van der Waals surface area contributed by atoms with Crippen LogP contribution in [0, 0.1) is 12.8 Å². The van der Waals surface area contributed by atoms with Crippen LogP contribution in [0.1, 0.15) is 28.8 Å². The van der Waals surface area contributed by atoms with E-state index < -0.39 is 0 Å². The Morgan fingerprint density at radius 2 is 1.96 bits per heavy atom. The number of benzene rings is 1. The standard InChI is InChI=1S/C19H22N6O/c1-15-3-4-18(24-13-20-21-14-24)17(11-15)19(26)23-9-5-16(6-10-23)12-25-8-2-7-22-25/h2-4,7-8,11,13-14,16H,5-6,9-10,12H2,1H3. The number of hydrogen-bond acceptors (Lipinski definition) is 4. The number of amides is 1. The van der Waals surface area contributed by atoms with Gasteiger partial charge in [0.2, 0.25) is 0 Å². The van der Waals surface area contributed by atoms with E-state index in [0.29, 0.717) is 11.5 Å². The molecule has 0 N–H and O–H groups in total. The zero-order chi connectivity index (χ0) is 17.9. The SMILES string of the molecule is Cc1ccc(-n2cnnc2)c(C(=O)N2CCC(Cn3cccn3)CC2)c1. The van der Waals surface area contributed by atoms with E-state index in [-0.39, 0.29) is 5.91 Å². The molecule has 3 heterocycles. The summed E-state index contributed by atoms with van der Waals surface area (Å²) in [5.74, 6) is 0.642. The predicted molar refractivity (Wildman–Crippen MR) is 97.0 cm³/mol. The first-order chi connectivity index (χ1) is 12.7. The van der Waals surface area contributed by atoms with Gasteiger partial charge in [0.15, 0.2) is 0 Å². The minimum atomic E-state index is 0.0786. The van der Waals surface area contributed by atoms with E-state index >= 15 is 0 Å². The third kappa shape index (κ3) is 3.37. The van der Waals surface area contributed by atoms with Crippen LogP contribution in [0.3, 0.4) is 0 Å². The molecular formula is C19H22N6O. The predicted octanol–water partition coefficient (Wildman–Crippen LogP) is 2.32. The van der Waals surface area contributed by atoms with Gasteiger partial charge in [-0.3, -0.25) is 14.0 Å². The van der Waals surface area contributed by atoms with E-state index in [1.54, 1.807) is 17.2 Å². The number of hydrogen-bond donors (Lipinski definition) is 0. The fraction of sp³-hybridized carbons (Fsp3) is 0.368. The Hall–Kier alpha value is -2.96. The summed E-state index contributed by atoms with van der Waals surface area (Å²) in [4.78, 5) is 15.1. The summed E-state index contributed by atoms with van der Waals surface area (Å²) < 4.78 is 3.77. The van der Waals surface area contributed by atoms with Gasteiger partial charge in [0.1, 0.15) is 12.7 Å². The molecule has 1 aromatic carbocycles. The second-order valence-electron chi connectivity index (χ2n) is 6.85. The number of carbonyl (C=O) groups is 1. The maximum Gasteiger partial charge on any atom is 0.255 e. The van der Waals surface area contributed by atoms with Crippen LogP contribution in [0.2, 0.25) is 0 Å². The van der Waals surface area contributed by atoms with Gasteiger partial charge >= 0.3 is 0 Å². The normalized spacial score (nSPS) is 15.3. The number of piperidine rings is 1. The molecule has 134 valence electrons. The highest BCUT2D eigenvalue weighted by molar-refractivity contribution is 5.98. The number of aryl methyl sites for hydroxylation is 1. The van der Waals surface area contributed by atoms with E-state index in [9.17, 15) is 4.79 Å². The third-order valence-electron chi connectivity index (χ3n) is 4.99. The minimum absolute atomic E-state index is 0.0786. The number of aromatic nitrogens is 5. The van der Waals surface area contributed by atoms with Crippen molar-refractivity contribution in [2.75, 3.05) is 13.1 Å². The maximum absolute atomic E-state index is 13.1. The van der Waals surface area contributed by atoms with E-state index in [4.69, 9.17) is 0 Å².